The van der Waals surface area contributed by atoms with Crippen LogP contribution < -0.4 is 0 Å². The molecule has 0 aliphatic rings. The number of aliphatic hydroxyl groups is 1. The third-order valence-corrected chi connectivity index (χ3v) is 6.60. The number of benzene rings is 2. The average Bonchev–Trinajstić information content (AvgIpc) is 2.42. The molecule has 0 aliphatic carbocycles. The second kappa shape index (κ2) is 7.85. The first-order chi connectivity index (χ1) is 9.60. The summed E-state index contributed by atoms with van der Waals surface area (Å²) in [6.07, 6.45) is 0. The molecule has 0 atom stereocenters. The minimum atomic E-state index is -0.498. The van der Waals surface area contributed by atoms with Gasteiger partial charge in [0.2, 0.25) is 0 Å². The van der Waals surface area contributed by atoms with Crippen molar-refractivity contribution in [2.45, 2.75) is 33.4 Å². The van der Waals surface area contributed by atoms with Gasteiger partial charge in [0.05, 0.1) is 0 Å². The van der Waals surface area contributed by atoms with Crippen molar-refractivity contribution in [1.82, 2.24) is 0 Å². The van der Waals surface area contributed by atoms with Crippen LogP contribution in [-0.4, -0.2) is 19.0 Å². The van der Waals surface area contributed by atoms with Gasteiger partial charge in [-0.05, 0) is 0 Å². The molecule has 0 unspecified atom stereocenters. The molecule has 0 amide bonds. The van der Waals surface area contributed by atoms with Gasteiger partial charge in [0.1, 0.15) is 0 Å². The second-order valence-electron chi connectivity index (χ2n) is 4.75. The van der Waals surface area contributed by atoms with Gasteiger partial charge in [-0.1, -0.05) is 0 Å². The Morgan fingerprint density at radius 2 is 1.75 bits per heavy atom. The Balaban J connectivity index is 2.30. The van der Waals surface area contributed by atoms with Crippen molar-refractivity contribution >= 4 is 48.3 Å². The molecule has 0 radical (unpaired) electrons. The molecule has 0 saturated heterocycles. The fourth-order valence-corrected chi connectivity index (χ4v) is 5.56. The van der Waals surface area contributed by atoms with E-state index in [0.29, 0.717) is 0 Å². The maximum absolute atomic E-state index is 9.53. The van der Waals surface area contributed by atoms with E-state index in [1.54, 1.807) is 11.8 Å². The van der Waals surface area contributed by atoms with Crippen LogP contribution in [-0.2, 0) is 11.9 Å². The fraction of sp³-hybridized carbons (Fsp3) is 0.250. The summed E-state index contributed by atoms with van der Waals surface area (Å²) >= 11 is 3.56. The van der Waals surface area contributed by atoms with E-state index < -0.39 is 13.9 Å². The first-order valence-electron chi connectivity index (χ1n) is 6.29. The zero-order valence-electron chi connectivity index (χ0n) is 11.6. The van der Waals surface area contributed by atoms with E-state index in [2.05, 4.69) is 76.7 Å². The number of hydrogen-bond acceptors (Lipinski definition) is 2. The van der Waals surface area contributed by atoms with Crippen LogP contribution >= 0.6 is 34.4 Å². The summed E-state index contributed by atoms with van der Waals surface area (Å²) in [7, 11) is 0. The average molecular weight is 464 g/mol. The van der Waals surface area contributed by atoms with E-state index in [1.165, 1.54) is 15.8 Å². The molecule has 0 aromatic heterocycles. The Morgan fingerprint density at radius 3 is 2.45 bits per heavy atom. The van der Waals surface area contributed by atoms with E-state index >= 15 is 0 Å². The fourth-order valence-electron chi connectivity index (χ4n) is 1.92. The molecule has 2 aromatic rings. The molecule has 4 heteroatoms. The summed E-state index contributed by atoms with van der Waals surface area (Å²) in [6.45, 7) is 0.0966. The van der Waals surface area contributed by atoms with Gasteiger partial charge < -0.3 is 0 Å². The normalized spacial score (nSPS) is 11.1. The standard InChI is InChI=1S/C16H18IOSSe/c1-20(2)11-12-5-3-4-6-15(12)19-16-8-7-14(17)9-13(16)10-18/h3-9,18H,10-11H2,1-2H3/q+1. The van der Waals surface area contributed by atoms with Gasteiger partial charge in [-0.3, -0.25) is 0 Å². The van der Waals surface area contributed by atoms with Crippen molar-refractivity contribution < 1.29 is 5.11 Å². The molecule has 0 saturated carbocycles. The Labute approximate surface area is 143 Å². The van der Waals surface area contributed by atoms with E-state index in [4.69, 9.17) is 0 Å². The van der Waals surface area contributed by atoms with Crippen LogP contribution in [0.4, 0.5) is 0 Å². The minimum absolute atomic E-state index is 0.0966. The number of halogens is 1. The van der Waals surface area contributed by atoms with E-state index in [-0.39, 0.29) is 6.61 Å². The topological polar surface area (TPSA) is 20.2 Å². The SMILES string of the molecule is C[Se+](C)Cc1ccccc1Sc1ccc(I)cc1CO. The summed E-state index contributed by atoms with van der Waals surface area (Å²) in [4.78, 5) is 2.48. The van der Waals surface area contributed by atoms with Crippen LogP contribution in [0.1, 0.15) is 11.1 Å². The number of aliphatic hydroxyl groups excluding tert-OH is 1. The molecule has 1 N–H and O–H groups in total. The zero-order valence-corrected chi connectivity index (χ0v) is 16.3. The van der Waals surface area contributed by atoms with Crippen molar-refractivity contribution in [3.63, 3.8) is 0 Å². The third-order valence-electron chi connectivity index (χ3n) is 2.83. The van der Waals surface area contributed by atoms with Crippen molar-refractivity contribution in [3.8, 4) is 0 Å². The molecular weight excluding hydrogens is 446 g/mol. The summed E-state index contributed by atoms with van der Waals surface area (Å²) < 4.78 is 1.16. The molecule has 20 heavy (non-hydrogen) atoms. The van der Waals surface area contributed by atoms with E-state index in [1.807, 2.05) is 0 Å². The van der Waals surface area contributed by atoms with E-state index in [0.717, 1.165) is 14.0 Å². The third kappa shape index (κ3) is 4.50. The Hall–Kier alpha value is -0.000519. The molecule has 0 heterocycles. The van der Waals surface area contributed by atoms with Gasteiger partial charge in [-0.15, -0.1) is 0 Å². The van der Waals surface area contributed by atoms with Crippen LogP contribution in [0.3, 0.4) is 0 Å². The predicted molar refractivity (Wildman–Crippen MR) is 96.8 cm³/mol. The van der Waals surface area contributed by atoms with Crippen molar-refractivity contribution in [2.75, 3.05) is 0 Å². The Bertz CT molecular complexity index is 586. The van der Waals surface area contributed by atoms with Crippen LogP contribution in [0.15, 0.2) is 52.3 Å². The van der Waals surface area contributed by atoms with Crippen LogP contribution in [0.2, 0.25) is 11.6 Å². The summed E-state index contributed by atoms with van der Waals surface area (Å²) in [6, 6.07) is 14.9. The van der Waals surface area contributed by atoms with Crippen molar-refractivity contribution in [1.29, 1.82) is 0 Å². The predicted octanol–water partition coefficient (Wildman–Crippen LogP) is 4.77. The second-order valence-corrected chi connectivity index (χ2v) is 11.8. The zero-order chi connectivity index (χ0) is 14.5. The molecule has 2 rings (SSSR count). The summed E-state index contributed by atoms with van der Waals surface area (Å²) in [5, 5.41) is 10.7. The van der Waals surface area contributed by atoms with Gasteiger partial charge >= 0.3 is 144 Å². The van der Waals surface area contributed by atoms with Crippen LogP contribution in [0.5, 0.6) is 0 Å². The number of rotatable bonds is 5. The molecular formula is C16H18IOSSe+. The van der Waals surface area contributed by atoms with Gasteiger partial charge in [0.25, 0.3) is 0 Å². The first kappa shape index (κ1) is 16.4. The first-order valence-corrected chi connectivity index (χ1v) is 12.8. The van der Waals surface area contributed by atoms with Crippen molar-refractivity contribution in [2.24, 2.45) is 0 Å². The number of hydrogen-bond donors (Lipinski definition) is 1. The molecule has 106 valence electrons. The van der Waals surface area contributed by atoms with Crippen molar-refractivity contribution in [3.05, 3.63) is 57.2 Å². The Morgan fingerprint density at radius 1 is 1.05 bits per heavy atom. The van der Waals surface area contributed by atoms with Crippen LogP contribution in [0.25, 0.3) is 0 Å². The monoisotopic (exact) mass is 465 g/mol. The van der Waals surface area contributed by atoms with Gasteiger partial charge in [0.15, 0.2) is 0 Å². The maximum atomic E-state index is 9.53. The molecule has 0 spiro atoms. The quantitative estimate of drug-likeness (QED) is 0.509. The summed E-state index contributed by atoms with van der Waals surface area (Å²) in [5.41, 5.74) is 2.45. The van der Waals surface area contributed by atoms with E-state index in [9.17, 15) is 5.11 Å². The molecule has 0 fully saturated rings. The van der Waals surface area contributed by atoms with Gasteiger partial charge in [-0.25, -0.2) is 0 Å². The summed E-state index contributed by atoms with van der Waals surface area (Å²) in [5.74, 6) is 4.73. The van der Waals surface area contributed by atoms with Gasteiger partial charge in [0, 0.05) is 0 Å². The molecule has 0 bridgehead atoms. The Kier molecular flexibility index (Phi) is 6.43. The molecule has 1 nitrogen and oxygen atoms in total. The van der Waals surface area contributed by atoms with Gasteiger partial charge in [-0.2, -0.15) is 0 Å². The molecule has 0 aliphatic heterocycles. The van der Waals surface area contributed by atoms with Crippen LogP contribution in [0, 0.1) is 3.57 Å². The molecule has 2 aromatic carbocycles.